The molecule has 1 atom stereocenters. The molecular formula is C16H14ClN3. The van der Waals surface area contributed by atoms with Crippen LogP contribution >= 0.6 is 11.6 Å². The van der Waals surface area contributed by atoms with Crippen molar-refractivity contribution in [2.75, 3.05) is 7.05 Å². The Labute approximate surface area is 122 Å². The molecule has 0 aliphatic heterocycles. The minimum atomic E-state index is -0.0224. The fourth-order valence-corrected chi connectivity index (χ4v) is 2.48. The summed E-state index contributed by atoms with van der Waals surface area (Å²) in [6.07, 6.45) is 1.81. The SMILES string of the molecule is CNC(c1cccc(Cl)c1)c1cnc2ccccc2n1. The van der Waals surface area contributed by atoms with Crippen LogP contribution in [0.25, 0.3) is 11.0 Å². The standard InChI is InChI=1S/C16H14ClN3/c1-18-16(11-5-4-6-12(17)9-11)15-10-19-13-7-2-3-8-14(13)20-15/h2-10,16,18H,1H3. The van der Waals surface area contributed by atoms with Crippen molar-refractivity contribution in [1.82, 2.24) is 15.3 Å². The molecule has 0 aliphatic rings. The summed E-state index contributed by atoms with van der Waals surface area (Å²) in [5.74, 6) is 0. The van der Waals surface area contributed by atoms with E-state index in [1.54, 1.807) is 0 Å². The van der Waals surface area contributed by atoms with Crippen LogP contribution in [0.5, 0.6) is 0 Å². The zero-order chi connectivity index (χ0) is 13.9. The van der Waals surface area contributed by atoms with Crippen LogP contribution in [-0.4, -0.2) is 17.0 Å². The molecule has 0 radical (unpaired) electrons. The Morgan fingerprint density at radius 2 is 1.85 bits per heavy atom. The Morgan fingerprint density at radius 3 is 2.60 bits per heavy atom. The summed E-state index contributed by atoms with van der Waals surface area (Å²) in [5, 5.41) is 3.98. The molecule has 3 rings (SSSR count). The lowest BCUT2D eigenvalue weighted by Gasteiger charge is -2.16. The Hall–Kier alpha value is -1.97. The molecular weight excluding hydrogens is 270 g/mol. The number of para-hydroxylation sites is 2. The number of nitrogens with zero attached hydrogens (tertiary/aromatic N) is 2. The minimum Gasteiger partial charge on any atom is -0.308 e. The number of aromatic nitrogens is 2. The fraction of sp³-hybridized carbons (Fsp3) is 0.125. The molecule has 0 saturated heterocycles. The fourth-order valence-electron chi connectivity index (χ4n) is 2.28. The Kier molecular flexibility index (Phi) is 3.63. The van der Waals surface area contributed by atoms with Crippen molar-refractivity contribution in [3.8, 4) is 0 Å². The van der Waals surface area contributed by atoms with Gasteiger partial charge in [0, 0.05) is 5.02 Å². The third-order valence-corrected chi connectivity index (χ3v) is 3.47. The van der Waals surface area contributed by atoms with Gasteiger partial charge in [0.05, 0.1) is 29.0 Å². The summed E-state index contributed by atoms with van der Waals surface area (Å²) in [4.78, 5) is 9.15. The van der Waals surface area contributed by atoms with E-state index in [0.717, 1.165) is 27.3 Å². The Morgan fingerprint density at radius 1 is 1.05 bits per heavy atom. The van der Waals surface area contributed by atoms with Gasteiger partial charge in [-0.2, -0.15) is 0 Å². The highest BCUT2D eigenvalue weighted by atomic mass is 35.5. The van der Waals surface area contributed by atoms with Crippen LogP contribution in [0, 0.1) is 0 Å². The summed E-state index contributed by atoms with van der Waals surface area (Å²) >= 11 is 6.06. The maximum atomic E-state index is 6.06. The number of halogens is 1. The van der Waals surface area contributed by atoms with E-state index in [1.807, 2.05) is 61.8 Å². The monoisotopic (exact) mass is 283 g/mol. The molecule has 1 N–H and O–H groups in total. The average molecular weight is 284 g/mol. The predicted molar refractivity (Wildman–Crippen MR) is 81.9 cm³/mol. The second kappa shape index (κ2) is 5.57. The lowest BCUT2D eigenvalue weighted by Crippen LogP contribution is -2.19. The molecule has 0 bridgehead atoms. The molecule has 1 aromatic heterocycles. The third kappa shape index (κ3) is 2.50. The van der Waals surface area contributed by atoms with Crippen LogP contribution in [0.4, 0.5) is 0 Å². The maximum absolute atomic E-state index is 6.06. The second-order valence-corrected chi connectivity index (χ2v) is 5.00. The van der Waals surface area contributed by atoms with E-state index in [-0.39, 0.29) is 6.04 Å². The first-order valence-electron chi connectivity index (χ1n) is 6.42. The first-order chi connectivity index (χ1) is 9.78. The molecule has 1 unspecified atom stereocenters. The second-order valence-electron chi connectivity index (χ2n) is 4.56. The van der Waals surface area contributed by atoms with E-state index < -0.39 is 0 Å². The lowest BCUT2D eigenvalue weighted by molar-refractivity contribution is 0.671. The lowest BCUT2D eigenvalue weighted by atomic mass is 10.0. The molecule has 0 spiro atoms. The zero-order valence-corrected chi connectivity index (χ0v) is 11.8. The first kappa shape index (κ1) is 13.0. The van der Waals surface area contributed by atoms with Crippen molar-refractivity contribution in [3.05, 3.63) is 71.0 Å². The van der Waals surface area contributed by atoms with Crippen LogP contribution in [0.2, 0.25) is 5.02 Å². The summed E-state index contributed by atoms with van der Waals surface area (Å²) in [6, 6.07) is 15.6. The van der Waals surface area contributed by atoms with Gasteiger partial charge in [-0.25, -0.2) is 4.98 Å². The molecule has 2 aromatic carbocycles. The molecule has 0 saturated carbocycles. The molecule has 0 fully saturated rings. The van der Waals surface area contributed by atoms with E-state index in [9.17, 15) is 0 Å². The van der Waals surface area contributed by atoms with Crippen molar-refractivity contribution in [2.24, 2.45) is 0 Å². The zero-order valence-electron chi connectivity index (χ0n) is 11.0. The van der Waals surface area contributed by atoms with Gasteiger partial charge in [0.1, 0.15) is 0 Å². The normalized spacial score (nSPS) is 12.5. The van der Waals surface area contributed by atoms with Crippen molar-refractivity contribution < 1.29 is 0 Å². The van der Waals surface area contributed by atoms with Gasteiger partial charge in [0.2, 0.25) is 0 Å². The highest BCUT2D eigenvalue weighted by molar-refractivity contribution is 6.30. The van der Waals surface area contributed by atoms with Gasteiger partial charge in [-0.05, 0) is 36.9 Å². The third-order valence-electron chi connectivity index (χ3n) is 3.23. The molecule has 0 amide bonds. The van der Waals surface area contributed by atoms with Crippen molar-refractivity contribution >= 4 is 22.6 Å². The maximum Gasteiger partial charge on any atom is 0.0890 e. The number of hydrogen-bond acceptors (Lipinski definition) is 3. The van der Waals surface area contributed by atoms with Crippen LogP contribution in [0.1, 0.15) is 17.3 Å². The van der Waals surface area contributed by atoms with Crippen LogP contribution in [0.3, 0.4) is 0 Å². The number of benzene rings is 2. The summed E-state index contributed by atoms with van der Waals surface area (Å²) in [5.41, 5.74) is 3.75. The van der Waals surface area contributed by atoms with Crippen molar-refractivity contribution in [2.45, 2.75) is 6.04 Å². The molecule has 20 heavy (non-hydrogen) atoms. The smallest absolute Gasteiger partial charge is 0.0890 e. The summed E-state index contributed by atoms with van der Waals surface area (Å²) < 4.78 is 0. The molecule has 1 heterocycles. The molecule has 100 valence electrons. The highest BCUT2D eigenvalue weighted by Crippen LogP contribution is 2.23. The molecule has 0 aliphatic carbocycles. The summed E-state index contributed by atoms with van der Waals surface area (Å²) in [6.45, 7) is 0. The topological polar surface area (TPSA) is 37.8 Å². The Balaban J connectivity index is 2.07. The van der Waals surface area contributed by atoms with Gasteiger partial charge in [0.25, 0.3) is 0 Å². The number of nitrogens with one attached hydrogen (secondary N) is 1. The Bertz CT molecular complexity index is 742. The quantitative estimate of drug-likeness (QED) is 0.798. The number of rotatable bonds is 3. The van der Waals surface area contributed by atoms with E-state index in [0.29, 0.717) is 0 Å². The first-order valence-corrected chi connectivity index (χ1v) is 6.80. The highest BCUT2D eigenvalue weighted by Gasteiger charge is 2.14. The largest absolute Gasteiger partial charge is 0.308 e. The van der Waals surface area contributed by atoms with Crippen LogP contribution in [-0.2, 0) is 0 Å². The summed E-state index contributed by atoms with van der Waals surface area (Å²) in [7, 11) is 1.91. The van der Waals surface area contributed by atoms with E-state index in [1.165, 1.54) is 0 Å². The van der Waals surface area contributed by atoms with Gasteiger partial charge in [-0.15, -0.1) is 0 Å². The molecule has 4 heteroatoms. The van der Waals surface area contributed by atoms with E-state index >= 15 is 0 Å². The average Bonchev–Trinajstić information content (AvgIpc) is 2.48. The number of fused-ring (bicyclic) bond motifs is 1. The van der Waals surface area contributed by atoms with Gasteiger partial charge < -0.3 is 5.32 Å². The molecule has 3 aromatic rings. The van der Waals surface area contributed by atoms with E-state index in [4.69, 9.17) is 11.6 Å². The van der Waals surface area contributed by atoms with Crippen LogP contribution < -0.4 is 5.32 Å². The predicted octanol–water partition coefficient (Wildman–Crippen LogP) is 3.59. The van der Waals surface area contributed by atoms with Gasteiger partial charge >= 0.3 is 0 Å². The van der Waals surface area contributed by atoms with E-state index in [2.05, 4.69) is 15.3 Å². The van der Waals surface area contributed by atoms with Crippen molar-refractivity contribution in [1.29, 1.82) is 0 Å². The minimum absolute atomic E-state index is 0.0224. The molecule has 3 nitrogen and oxygen atoms in total. The van der Waals surface area contributed by atoms with Gasteiger partial charge in [-0.3, -0.25) is 4.98 Å². The van der Waals surface area contributed by atoms with Crippen molar-refractivity contribution in [3.63, 3.8) is 0 Å². The number of hydrogen-bond donors (Lipinski definition) is 1. The van der Waals surface area contributed by atoms with Gasteiger partial charge in [-0.1, -0.05) is 35.9 Å². The van der Waals surface area contributed by atoms with Gasteiger partial charge in [0.15, 0.2) is 0 Å². The van der Waals surface area contributed by atoms with Crippen LogP contribution in [0.15, 0.2) is 54.7 Å².